The highest BCUT2D eigenvalue weighted by Gasteiger charge is 2.20. The standard InChI is InChI=1S/C12H15N5O/c1-8-15-10-2-5-17(6-9(10)12(18)16-8)7-11-13-3-4-14-11/h3-4H,2,5-7H2,1H3,(H,13,14)(H,15,16,18). The van der Waals surface area contributed by atoms with Crippen molar-refractivity contribution in [1.82, 2.24) is 24.8 Å². The molecule has 0 atom stereocenters. The Morgan fingerprint density at radius 3 is 3.17 bits per heavy atom. The summed E-state index contributed by atoms with van der Waals surface area (Å²) in [6.07, 6.45) is 4.37. The Hall–Kier alpha value is -1.95. The Morgan fingerprint density at radius 2 is 2.39 bits per heavy atom. The number of H-pyrrole nitrogens is 2. The topological polar surface area (TPSA) is 77.7 Å². The lowest BCUT2D eigenvalue weighted by molar-refractivity contribution is 0.236. The summed E-state index contributed by atoms with van der Waals surface area (Å²) >= 11 is 0. The van der Waals surface area contributed by atoms with E-state index in [1.165, 1.54) is 0 Å². The molecular weight excluding hydrogens is 230 g/mol. The van der Waals surface area contributed by atoms with Gasteiger partial charge in [-0.25, -0.2) is 9.97 Å². The highest BCUT2D eigenvalue weighted by atomic mass is 16.1. The summed E-state index contributed by atoms with van der Waals surface area (Å²) in [4.78, 5) is 28.5. The van der Waals surface area contributed by atoms with Crippen molar-refractivity contribution in [2.24, 2.45) is 0 Å². The molecule has 0 saturated carbocycles. The molecule has 0 fully saturated rings. The average Bonchev–Trinajstić information content (AvgIpc) is 2.83. The van der Waals surface area contributed by atoms with Crippen LogP contribution in [0.1, 0.15) is 22.9 Å². The van der Waals surface area contributed by atoms with Gasteiger partial charge in [-0.05, 0) is 6.92 Å². The second kappa shape index (κ2) is 4.38. The molecule has 6 heteroatoms. The van der Waals surface area contributed by atoms with E-state index in [9.17, 15) is 4.79 Å². The zero-order valence-corrected chi connectivity index (χ0v) is 10.2. The van der Waals surface area contributed by atoms with E-state index in [-0.39, 0.29) is 5.56 Å². The first-order valence-electron chi connectivity index (χ1n) is 6.01. The lowest BCUT2D eigenvalue weighted by atomic mass is 10.1. The Labute approximate surface area is 104 Å². The SMILES string of the molecule is Cc1nc2c(c(=O)[nH]1)CN(Cc1ncc[nH]1)CC2. The van der Waals surface area contributed by atoms with Crippen LogP contribution in [0, 0.1) is 6.92 Å². The van der Waals surface area contributed by atoms with Crippen molar-refractivity contribution in [3.63, 3.8) is 0 Å². The number of hydrogen-bond acceptors (Lipinski definition) is 4. The zero-order chi connectivity index (χ0) is 12.5. The van der Waals surface area contributed by atoms with Gasteiger partial charge >= 0.3 is 0 Å². The third kappa shape index (κ3) is 2.06. The van der Waals surface area contributed by atoms with Gasteiger partial charge in [0.1, 0.15) is 11.6 Å². The molecule has 0 unspecified atom stereocenters. The van der Waals surface area contributed by atoms with Gasteiger partial charge in [-0.2, -0.15) is 0 Å². The molecule has 94 valence electrons. The number of aromatic amines is 2. The van der Waals surface area contributed by atoms with Gasteiger partial charge in [-0.15, -0.1) is 0 Å². The largest absolute Gasteiger partial charge is 0.348 e. The minimum Gasteiger partial charge on any atom is -0.348 e. The number of hydrogen-bond donors (Lipinski definition) is 2. The Morgan fingerprint density at radius 1 is 1.50 bits per heavy atom. The predicted molar refractivity (Wildman–Crippen MR) is 66.0 cm³/mol. The molecular formula is C12H15N5O. The molecule has 0 radical (unpaired) electrons. The van der Waals surface area contributed by atoms with Crippen LogP contribution in [0.3, 0.4) is 0 Å². The maximum absolute atomic E-state index is 11.9. The number of aromatic nitrogens is 4. The molecule has 0 aromatic carbocycles. The molecule has 2 N–H and O–H groups in total. The molecule has 2 aromatic heterocycles. The van der Waals surface area contributed by atoms with E-state index in [2.05, 4.69) is 24.8 Å². The van der Waals surface area contributed by atoms with Crippen LogP contribution in [0.25, 0.3) is 0 Å². The first kappa shape index (κ1) is 11.2. The fourth-order valence-corrected chi connectivity index (χ4v) is 2.34. The van der Waals surface area contributed by atoms with Crippen molar-refractivity contribution in [1.29, 1.82) is 0 Å². The van der Waals surface area contributed by atoms with Crippen LogP contribution in [-0.4, -0.2) is 31.4 Å². The van der Waals surface area contributed by atoms with Gasteiger partial charge in [-0.1, -0.05) is 0 Å². The molecule has 0 aliphatic carbocycles. The van der Waals surface area contributed by atoms with Gasteiger partial charge in [-0.3, -0.25) is 9.69 Å². The lowest BCUT2D eigenvalue weighted by Gasteiger charge is -2.26. The number of nitrogens with zero attached hydrogens (tertiary/aromatic N) is 3. The van der Waals surface area contributed by atoms with E-state index >= 15 is 0 Å². The van der Waals surface area contributed by atoms with E-state index in [4.69, 9.17) is 0 Å². The van der Waals surface area contributed by atoms with Crippen LogP contribution in [0.2, 0.25) is 0 Å². The van der Waals surface area contributed by atoms with Crippen molar-refractivity contribution >= 4 is 0 Å². The summed E-state index contributed by atoms with van der Waals surface area (Å²) in [5.74, 6) is 1.62. The van der Waals surface area contributed by atoms with Gasteiger partial charge in [0.25, 0.3) is 5.56 Å². The molecule has 0 bridgehead atoms. The number of aryl methyl sites for hydroxylation is 1. The molecule has 1 aliphatic heterocycles. The summed E-state index contributed by atoms with van der Waals surface area (Å²) in [6, 6.07) is 0. The van der Waals surface area contributed by atoms with Gasteiger partial charge in [0.15, 0.2) is 0 Å². The van der Waals surface area contributed by atoms with Gasteiger partial charge in [0.05, 0.1) is 17.8 Å². The van der Waals surface area contributed by atoms with E-state index in [1.807, 2.05) is 13.1 Å². The van der Waals surface area contributed by atoms with Crippen LogP contribution < -0.4 is 5.56 Å². The fourth-order valence-electron chi connectivity index (χ4n) is 2.34. The first-order valence-corrected chi connectivity index (χ1v) is 6.01. The predicted octanol–water partition coefficient (Wildman–Crippen LogP) is 0.360. The van der Waals surface area contributed by atoms with E-state index in [0.717, 1.165) is 36.6 Å². The van der Waals surface area contributed by atoms with Crippen molar-refractivity contribution in [3.05, 3.63) is 45.7 Å². The van der Waals surface area contributed by atoms with E-state index < -0.39 is 0 Å². The molecule has 3 rings (SSSR count). The molecule has 0 spiro atoms. The summed E-state index contributed by atoms with van der Waals surface area (Å²) in [6.45, 7) is 4.10. The highest BCUT2D eigenvalue weighted by molar-refractivity contribution is 5.20. The number of rotatable bonds is 2. The Kier molecular flexibility index (Phi) is 2.71. The second-order valence-corrected chi connectivity index (χ2v) is 4.57. The number of fused-ring (bicyclic) bond motifs is 1. The Balaban J connectivity index is 1.83. The minimum absolute atomic E-state index is 0.0124. The molecule has 0 saturated heterocycles. The maximum Gasteiger partial charge on any atom is 0.255 e. The Bertz CT molecular complexity index is 601. The molecule has 6 nitrogen and oxygen atoms in total. The molecule has 1 aliphatic rings. The van der Waals surface area contributed by atoms with Crippen molar-refractivity contribution in [2.45, 2.75) is 26.4 Å². The lowest BCUT2D eigenvalue weighted by Crippen LogP contribution is -2.35. The molecule has 2 aromatic rings. The summed E-state index contributed by atoms with van der Waals surface area (Å²) in [7, 11) is 0. The van der Waals surface area contributed by atoms with Crippen molar-refractivity contribution in [2.75, 3.05) is 6.54 Å². The molecule has 18 heavy (non-hydrogen) atoms. The molecule has 3 heterocycles. The van der Waals surface area contributed by atoms with Gasteiger partial charge in [0, 0.05) is 31.9 Å². The summed E-state index contributed by atoms with van der Waals surface area (Å²) in [5, 5.41) is 0. The molecule has 0 amide bonds. The minimum atomic E-state index is -0.0124. The normalized spacial score (nSPS) is 15.6. The van der Waals surface area contributed by atoms with E-state index in [0.29, 0.717) is 12.4 Å². The first-order chi connectivity index (χ1) is 8.72. The monoisotopic (exact) mass is 245 g/mol. The number of nitrogens with one attached hydrogen (secondary N) is 2. The summed E-state index contributed by atoms with van der Waals surface area (Å²) < 4.78 is 0. The second-order valence-electron chi connectivity index (χ2n) is 4.57. The van der Waals surface area contributed by atoms with Crippen LogP contribution in [0.15, 0.2) is 17.2 Å². The quantitative estimate of drug-likeness (QED) is 0.800. The van der Waals surface area contributed by atoms with Crippen LogP contribution >= 0.6 is 0 Å². The smallest absolute Gasteiger partial charge is 0.255 e. The van der Waals surface area contributed by atoms with Gasteiger partial charge < -0.3 is 9.97 Å². The fraction of sp³-hybridized carbons (Fsp3) is 0.417. The maximum atomic E-state index is 11.9. The average molecular weight is 245 g/mol. The van der Waals surface area contributed by atoms with Crippen LogP contribution in [0.4, 0.5) is 0 Å². The third-order valence-corrected chi connectivity index (χ3v) is 3.19. The van der Waals surface area contributed by atoms with Crippen LogP contribution in [-0.2, 0) is 19.5 Å². The van der Waals surface area contributed by atoms with Gasteiger partial charge in [0.2, 0.25) is 0 Å². The van der Waals surface area contributed by atoms with Crippen molar-refractivity contribution < 1.29 is 0 Å². The third-order valence-electron chi connectivity index (χ3n) is 3.19. The zero-order valence-electron chi connectivity index (χ0n) is 10.2. The van der Waals surface area contributed by atoms with Crippen LogP contribution in [0.5, 0.6) is 0 Å². The van der Waals surface area contributed by atoms with Crippen molar-refractivity contribution in [3.8, 4) is 0 Å². The highest BCUT2D eigenvalue weighted by Crippen LogP contribution is 2.14. The van der Waals surface area contributed by atoms with E-state index in [1.54, 1.807) is 6.20 Å². The number of imidazole rings is 1. The summed E-state index contributed by atoms with van der Waals surface area (Å²) in [5.41, 5.74) is 1.71.